The molecule has 1 aromatic rings. The second kappa shape index (κ2) is 4.78. The Morgan fingerprint density at radius 3 is 2.28 bits per heavy atom. The Balaban J connectivity index is 2.45. The van der Waals surface area contributed by atoms with Gasteiger partial charge in [-0.15, -0.1) is 0 Å². The molecule has 18 heavy (non-hydrogen) atoms. The fourth-order valence-electron chi connectivity index (χ4n) is 1.84. The fraction of sp³-hybridized carbons (Fsp3) is 0.500. The van der Waals surface area contributed by atoms with Crippen molar-refractivity contribution >= 4 is 10.0 Å². The van der Waals surface area contributed by atoms with E-state index in [-0.39, 0.29) is 10.9 Å². The molecule has 0 unspecified atom stereocenters. The van der Waals surface area contributed by atoms with Gasteiger partial charge in [0.1, 0.15) is 13.2 Å². The predicted molar refractivity (Wildman–Crippen MR) is 67.6 cm³/mol. The molecule has 2 rings (SSSR count). The van der Waals surface area contributed by atoms with Gasteiger partial charge in [-0.2, -0.15) is 0 Å². The van der Waals surface area contributed by atoms with E-state index < -0.39 is 10.0 Å². The summed E-state index contributed by atoms with van der Waals surface area (Å²) in [5.41, 5.74) is 0.646. The number of nitrogens with one attached hydrogen (secondary N) is 1. The molecule has 0 fully saturated rings. The lowest BCUT2D eigenvalue weighted by molar-refractivity contribution is 0.171. The largest absolute Gasteiger partial charge is 0.486 e. The summed E-state index contributed by atoms with van der Waals surface area (Å²) in [6.45, 7) is 6.23. The zero-order chi connectivity index (χ0) is 13.3. The molecule has 0 aliphatic carbocycles. The number of hydrogen-bond acceptors (Lipinski definition) is 4. The lowest BCUT2D eigenvalue weighted by Crippen LogP contribution is -2.31. The first-order valence-electron chi connectivity index (χ1n) is 5.83. The van der Waals surface area contributed by atoms with Crippen molar-refractivity contribution in [3.8, 4) is 11.5 Å². The van der Waals surface area contributed by atoms with Gasteiger partial charge in [0, 0.05) is 12.1 Å². The average molecular weight is 271 g/mol. The van der Waals surface area contributed by atoms with Crippen LogP contribution in [-0.2, 0) is 10.0 Å². The molecule has 0 saturated heterocycles. The minimum Gasteiger partial charge on any atom is -0.486 e. The van der Waals surface area contributed by atoms with E-state index in [4.69, 9.17) is 9.47 Å². The van der Waals surface area contributed by atoms with E-state index in [9.17, 15) is 8.42 Å². The highest BCUT2D eigenvalue weighted by molar-refractivity contribution is 7.89. The summed E-state index contributed by atoms with van der Waals surface area (Å²) < 4.78 is 37.7. The Morgan fingerprint density at radius 1 is 1.17 bits per heavy atom. The Morgan fingerprint density at radius 2 is 1.72 bits per heavy atom. The van der Waals surface area contributed by atoms with Crippen molar-refractivity contribution in [3.05, 3.63) is 17.7 Å². The van der Waals surface area contributed by atoms with Gasteiger partial charge < -0.3 is 9.47 Å². The van der Waals surface area contributed by atoms with Crippen LogP contribution in [0.25, 0.3) is 0 Å². The molecular formula is C12H17NO4S. The van der Waals surface area contributed by atoms with Crippen LogP contribution in [0.15, 0.2) is 17.0 Å². The van der Waals surface area contributed by atoms with Crippen LogP contribution in [0.4, 0.5) is 0 Å². The quantitative estimate of drug-likeness (QED) is 0.903. The SMILES string of the molecule is Cc1cc2c(cc1S(=O)(=O)NC(C)C)OCCO2. The number of sulfonamides is 1. The lowest BCUT2D eigenvalue weighted by Gasteiger charge is -2.20. The lowest BCUT2D eigenvalue weighted by atomic mass is 10.2. The van der Waals surface area contributed by atoms with E-state index in [1.807, 2.05) is 0 Å². The maximum Gasteiger partial charge on any atom is 0.241 e. The van der Waals surface area contributed by atoms with Crippen LogP contribution in [0.5, 0.6) is 11.5 Å². The van der Waals surface area contributed by atoms with Crippen molar-refractivity contribution in [3.63, 3.8) is 0 Å². The van der Waals surface area contributed by atoms with E-state index >= 15 is 0 Å². The predicted octanol–water partition coefficient (Wildman–Crippen LogP) is 1.45. The van der Waals surface area contributed by atoms with Gasteiger partial charge in [0.15, 0.2) is 11.5 Å². The smallest absolute Gasteiger partial charge is 0.241 e. The molecule has 0 amide bonds. The molecule has 1 aromatic carbocycles. The summed E-state index contributed by atoms with van der Waals surface area (Å²) in [6, 6.07) is 3.07. The normalized spacial score (nSPS) is 14.9. The minimum absolute atomic E-state index is 0.150. The molecular weight excluding hydrogens is 254 g/mol. The van der Waals surface area contributed by atoms with Crippen molar-refractivity contribution in [2.45, 2.75) is 31.7 Å². The monoisotopic (exact) mass is 271 g/mol. The molecule has 1 N–H and O–H groups in total. The Hall–Kier alpha value is -1.27. The number of aryl methyl sites for hydroxylation is 1. The van der Waals surface area contributed by atoms with Crippen molar-refractivity contribution in [2.75, 3.05) is 13.2 Å². The maximum absolute atomic E-state index is 12.1. The van der Waals surface area contributed by atoms with E-state index in [1.54, 1.807) is 26.8 Å². The molecule has 1 aliphatic rings. The van der Waals surface area contributed by atoms with Gasteiger partial charge in [0.2, 0.25) is 10.0 Å². The van der Waals surface area contributed by atoms with Crippen LogP contribution < -0.4 is 14.2 Å². The Kier molecular flexibility index (Phi) is 3.49. The van der Waals surface area contributed by atoms with Crippen molar-refractivity contribution < 1.29 is 17.9 Å². The van der Waals surface area contributed by atoms with Gasteiger partial charge in [0.25, 0.3) is 0 Å². The van der Waals surface area contributed by atoms with Gasteiger partial charge >= 0.3 is 0 Å². The van der Waals surface area contributed by atoms with Crippen LogP contribution in [0.2, 0.25) is 0 Å². The first-order valence-corrected chi connectivity index (χ1v) is 7.31. The van der Waals surface area contributed by atoms with Crippen LogP contribution >= 0.6 is 0 Å². The molecule has 1 aliphatic heterocycles. The summed E-state index contributed by atoms with van der Waals surface area (Å²) in [5, 5.41) is 0. The number of rotatable bonds is 3. The second-order valence-corrected chi connectivity index (χ2v) is 6.22. The molecule has 6 heteroatoms. The average Bonchev–Trinajstić information content (AvgIpc) is 2.26. The summed E-state index contributed by atoms with van der Waals surface area (Å²) in [6.07, 6.45) is 0. The van der Waals surface area contributed by atoms with Gasteiger partial charge in [-0.3, -0.25) is 0 Å². The zero-order valence-corrected chi connectivity index (χ0v) is 11.5. The van der Waals surface area contributed by atoms with Gasteiger partial charge in [-0.1, -0.05) is 0 Å². The third kappa shape index (κ3) is 2.59. The molecule has 0 saturated carbocycles. The van der Waals surface area contributed by atoms with E-state index in [2.05, 4.69) is 4.72 Å². The Labute approximate surface area is 107 Å². The van der Waals surface area contributed by atoms with Crippen LogP contribution in [0.3, 0.4) is 0 Å². The number of hydrogen-bond donors (Lipinski definition) is 1. The molecule has 0 spiro atoms. The summed E-state index contributed by atoms with van der Waals surface area (Å²) in [7, 11) is -3.51. The van der Waals surface area contributed by atoms with Crippen molar-refractivity contribution in [2.24, 2.45) is 0 Å². The first kappa shape index (κ1) is 13.2. The van der Waals surface area contributed by atoms with Gasteiger partial charge in [0.05, 0.1) is 4.90 Å². The second-order valence-electron chi connectivity index (χ2n) is 4.54. The standard InChI is InChI=1S/C12H17NO4S/c1-8(2)13-18(14,15)12-7-11-10(6-9(12)3)16-4-5-17-11/h6-8,13H,4-5H2,1-3H3. The van der Waals surface area contributed by atoms with Gasteiger partial charge in [-0.25, -0.2) is 13.1 Å². The van der Waals surface area contributed by atoms with Crippen LogP contribution in [0, 0.1) is 6.92 Å². The number of benzene rings is 1. The van der Waals surface area contributed by atoms with Crippen molar-refractivity contribution in [1.82, 2.24) is 4.72 Å². The van der Waals surface area contributed by atoms with Crippen LogP contribution in [0.1, 0.15) is 19.4 Å². The van der Waals surface area contributed by atoms with E-state index in [0.29, 0.717) is 30.3 Å². The molecule has 0 radical (unpaired) electrons. The van der Waals surface area contributed by atoms with Crippen molar-refractivity contribution in [1.29, 1.82) is 0 Å². The van der Waals surface area contributed by atoms with E-state index in [1.165, 1.54) is 6.07 Å². The third-order valence-corrected chi connectivity index (χ3v) is 4.32. The Bertz CT molecular complexity index is 551. The fourth-order valence-corrected chi connectivity index (χ4v) is 3.33. The summed E-state index contributed by atoms with van der Waals surface area (Å²) in [4.78, 5) is 0.237. The van der Waals surface area contributed by atoms with Gasteiger partial charge in [-0.05, 0) is 32.4 Å². The topological polar surface area (TPSA) is 64.6 Å². The highest BCUT2D eigenvalue weighted by atomic mass is 32.2. The van der Waals surface area contributed by atoms with E-state index in [0.717, 1.165) is 0 Å². The highest BCUT2D eigenvalue weighted by Crippen LogP contribution is 2.34. The molecule has 5 nitrogen and oxygen atoms in total. The van der Waals surface area contributed by atoms with Crippen LogP contribution in [-0.4, -0.2) is 27.7 Å². The summed E-state index contributed by atoms with van der Waals surface area (Å²) >= 11 is 0. The molecule has 0 aromatic heterocycles. The maximum atomic E-state index is 12.1. The zero-order valence-electron chi connectivity index (χ0n) is 10.7. The first-order chi connectivity index (χ1) is 8.40. The molecule has 0 atom stereocenters. The molecule has 0 bridgehead atoms. The molecule has 100 valence electrons. The minimum atomic E-state index is -3.51. The third-order valence-electron chi connectivity index (χ3n) is 2.52. The summed E-state index contributed by atoms with van der Waals surface area (Å²) in [5.74, 6) is 1.08. The number of ether oxygens (including phenoxy) is 2. The highest BCUT2D eigenvalue weighted by Gasteiger charge is 2.22. The number of fused-ring (bicyclic) bond motifs is 1. The molecule has 1 heterocycles.